The van der Waals surface area contributed by atoms with E-state index in [1.807, 2.05) is 25.1 Å². The minimum atomic E-state index is 0.0302. The van der Waals surface area contributed by atoms with Gasteiger partial charge in [-0.3, -0.25) is 9.98 Å². The molecule has 0 amide bonds. The van der Waals surface area contributed by atoms with Crippen molar-refractivity contribution in [3.63, 3.8) is 0 Å². The summed E-state index contributed by atoms with van der Waals surface area (Å²) < 4.78 is 0. The molecule has 0 saturated carbocycles. The monoisotopic (exact) mass is 368 g/mol. The van der Waals surface area contributed by atoms with Gasteiger partial charge >= 0.3 is 0 Å². The number of aliphatic imine (C=N–C) groups is 2. The molecule has 0 bridgehead atoms. The molecule has 0 saturated heterocycles. The largest absolute Gasteiger partial charge is 0.280 e. The summed E-state index contributed by atoms with van der Waals surface area (Å²) in [6.45, 7) is 4.10. The zero-order chi connectivity index (χ0) is 19.6. The average molecular weight is 369 g/mol. The van der Waals surface area contributed by atoms with Crippen molar-refractivity contribution < 1.29 is 0 Å². The fraction of sp³-hybridized carbons (Fsp3) is 0.231. The van der Waals surface area contributed by atoms with Crippen LogP contribution in [0.15, 0.2) is 107 Å². The molecule has 2 unspecified atom stereocenters. The first-order valence-electron chi connectivity index (χ1n) is 9.92. The zero-order valence-electron chi connectivity index (χ0n) is 16.7. The van der Waals surface area contributed by atoms with Crippen molar-refractivity contribution in [1.82, 2.24) is 0 Å². The number of benzene rings is 1. The van der Waals surface area contributed by atoms with Crippen LogP contribution in [0.25, 0.3) is 6.08 Å². The van der Waals surface area contributed by atoms with Gasteiger partial charge in [0, 0.05) is 11.4 Å². The summed E-state index contributed by atoms with van der Waals surface area (Å²) in [6, 6.07) is 10.4. The molecular formula is C26H28N2. The van der Waals surface area contributed by atoms with Crippen LogP contribution in [0.1, 0.15) is 32.3 Å². The fourth-order valence-corrected chi connectivity index (χ4v) is 3.13. The van der Waals surface area contributed by atoms with Crippen molar-refractivity contribution in [2.24, 2.45) is 9.98 Å². The van der Waals surface area contributed by atoms with Crippen molar-refractivity contribution in [1.29, 1.82) is 0 Å². The zero-order valence-corrected chi connectivity index (χ0v) is 16.7. The molecule has 3 rings (SSSR count). The van der Waals surface area contributed by atoms with Crippen molar-refractivity contribution in [2.75, 3.05) is 0 Å². The van der Waals surface area contributed by atoms with Crippen LogP contribution in [0.3, 0.4) is 0 Å². The summed E-state index contributed by atoms with van der Waals surface area (Å²) in [6.07, 6.45) is 25.7. The van der Waals surface area contributed by atoms with Crippen LogP contribution in [-0.4, -0.2) is 23.5 Å². The Kier molecular flexibility index (Phi) is 7.31. The molecule has 1 aromatic rings. The molecule has 2 nitrogen and oxygen atoms in total. The lowest BCUT2D eigenvalue weighted by Crippen LogP contribution is -2.22. The van der Waals surface area contributed by atoms with Gasteiger partial charge in [0.25, 0.3) is 0 Å². The van der Waals surface area contributed by atoms with Gasteiger partial charge in [-0.25, -0.2) is 0 Å². The summed E-state index contributed by atoms with van der Waals surface area (Å²) >= 11 is 0. The summed E-state index contributed by atoms with van der Waals surface area (Å²) in [4.78, 5) is 9.76. The third-order valence-corrected chi connectivity index (χ3v) is 4.64. The van der Waals surface area contributed by atoms with Crippen LogP contribution < -0.4 is 0 Å². The molecule has 2 heteroatoms. The molecule has 0 radical (unpaired) electrons. The average Bonchev–Trinajstić information content (AvgIpc) is 2.74. The first kappa shape index (κ1) is 19.8. The van der Waals surface area contributed by atoms with Crippen LogP contribution in [0.4, 0.5) is 0 Å². The summed E-state index contributed by atoms with van der Waals surface area (Å²) in [7, 11) is 0. The Morgan fingerprint density at radius 2 is 1.50 bits per heavy atom. The van der Waals surface area contributed by atoms with Crippen LogP contribution in [0, 0.1) is 0 Å². The van der Waals surface area contributed by atoms with E-state index >= 15 is 0 Å². The molecule has 0 aromatic heterocycles. The third kappa shape index (κ3) is 6.31. The maximum absolute atomic E-state index is 4.88. The van der Waals surface area contributed by atoms with Crippen LogP contribution >= 0.6 is 0 Å². The van der Waals surface area contributed by atoms with E-state index in [0.29, 0.717) is 0 Å². The fourth-order valence-electron chi connectivity index (χ4n) is 3.13. The van der Waals surface area contributed by atoms with E-state index in [1.165, 1.54) is 11.1 Å². The van der Waals surface area contributed by atoms with Gasteiger partial charge < -0.3 is 0 Å². The first-order chi connectivity index (χ1) is 13.7. The number of rotatable bonds is 6. The molecule has 0 heterocycles. The third-order valence-electron chi connectivity index (χ3n) is 4.64. The molecule has 0 spiro atoms. The first-order valence-corrected chi connectivity index (χ1v) is 9.92. The summed E-state index contributed by atoms with van der Waals surface area (Å²) in [5, 5.41) is 0. The minimum Gasteiger partial charge on any atom is -0.280 e. The lowest BCUT2D eigenvalue weighted by molar-refractivity contribution is 0.704. The molecule has 0 aliphatic heterocycles. The molecule has 2 aliphatic carbocycles. The van der Waals surface area contributed by atoms with Crippen molar-refractivity contribution in [3.05, 3.63) is 102 Å². The minimum absolute atomic E-state index is 0.0302. The molecule has 2 aliphatic rings. The number of nitrogens with zero attached hydrogens (tertiary/aromatic N) is 2. The van der Waals surface area contributed by atoms with E-state index < -0.39 is 0 Å². The quantitative estimate of drug-likeness (QED) is 0.525. The van der Waals surface area contributed by atoms with E-state index in [0.717, 1.165) is 24.3 Å². The highest BCUT2D eigenvalue weighted by atomic mass is 14.9. The number of allylic oxidation sites excluding steroid dienone is 9. The highest BCUT2D eigenvalue weighted by Gasteiger charge is 2.16. The predicted molar refractivity (Wildman–Crippen MR) is 123 cm³/mol. The Morgan fingerprint density at radius 1 is 0.857 bits per heavy atom. The standard InChI is InChI=1S/C26H28N2/c1-21(17-19-23-11-5-3-6-12-23)27-25-15-9-10-16-26(25)28-22(2)18-20-24-13-7-4-8-14-24/h3,5-7,9-20,25-26H,4,8H2,1-2H3/b19-17+,20-18+,27-21?,28-22?. The number of hydrogen-bond acceptors (Lipinski definition) is 2. The van der Waals surface area contributed by atoms with Gasteiger partial charge in [0.15, 0.2) is 0 Å². The molecule has 28 heavy (non-hydrogen) atoms. The van der Waals surface area contributed by atoms with Gasteiger partial charge in [-0.05, 0) is 50.0 Å². The second kappa shape index (κ2) is 10.4. The summed E-state index contributed by atoms with van der Waals surface area (Å²) in [5.41, 5.74) is 4.45. The van der Waals surface area contributed by atoms with E-state index in [-0.39, 0.29) is 12.1 Å². The summed E-state index contributed by atoms with van der Waals surface area (Å²) in [5.74, 6) is 0. The molecule has 0 fully saturated rings. The van der Waals surface area contributed by atoms with Gasteiger partial charge in [0.05, 0.1) is 12.1 Å². The highest BCUT2D eigenvalue weighted by molar-refractivity contribution is 5.96. The lowest BCUT2D eigenvalue weighted by atomic mass is 10.0. The van der Waals surface area contributed by atoms with E-state index in [9.17, 15) is 0 Å². The topological polar surface area (TPSA) is 24.7 Å². The van der Waals surface area contributed by atoms with Crippen LogP contribution in [0.2, 0.25) is 0 Å². The van der Waals surface area contributed by atoms with E-state index in [4.69, 9.17) is 9.98 Å². The Morgan fingerprint density at radius 3 is 2.11 bits per heavy atom. The molecule has 1 aromatic carbocycles. The smallest absolute Gasteiger partial charge is 0.0945 e. The van der Waals surface area contributed by atoms with Gasteiger partial charge in [0.2, 0.25) is 0 Å². The van der Waals surface area contributed by atoms with Crippen LogP contribution in [-0.2, 0) is 0 Å². The Hall–Kier alpha value is -3.00. The second-order valence-corrected chi connectivity index (χ2v) is 7.05. The van der Waals surface area contributed by atoms with Gasteiger partial charge in [-0.2, -0.15) is 0 Å². The molecule has 2 atom stereocenters. The normalized spacial score (nSPS) is 23.0. The molecule has 142 valence electrons. The van der Waals surface area contributed by atoms with E-state index in [2.05, 4.69) is 85.9 Å². The SMILES string of the molecule is CC(/C=C/C1=CCCC=C1)=NC1C=CC=CC1N=C(C)/C=C/c1ccccc1. The lowest BCUT2D eigenvalue weighted by Gasteiger charge is -2.18. The second-order valence-electron chi connectivity index (χ2n) is 7.05. The van der Waals surface area contributed by atoms with Gasteiger partial charge in [-0.1, -0.05) is 85.0 Å². The highest BCUT2D eigenvalue weighted by Crippen LogP contribution is 2.15. The molecule has 0 N–H and O–H groups in total. The Bertz CT molecular complexity index is 890. The van der Waals surface area contributed by atoms with Gasteiger partial charge in [-0.15, -0.1) is 0 Å². The van der Waals surface area contributed by atoms with Crippen LogP contribution in [0.5, 0.6) is 0 Å². The molecular weight excluding hydrogens is 340 g/mol. The predicted octanol–water partition coefficient (Wildman–Crippen LogP) is 6.32. The Labute approximate surface area is 168 Å². The maximum Gasteiger partial charge on any atom is 0.0945 e. The van der Waals surface area contributed by atoms with Crippen molar-refractivity contribution >= 4 is 17.5 Å². The van der Waals surface area contributed by atoms with Gasteiger partial charge in [0.1, 0.15) is 0 Å². The Balaban J connectivity index is 1.68. The van der Waals surface area contributed by atoms with Crippen molar-refractivity contribution in [2.45, 2.75) is 38.8 Å². The van der Waals surface area contributed by atoms with E-state index in [1.54, 1.807) is 0 Å². The maximum atomic E-state index is 4.88. The van der Waals surface area contributed by atoms with Crippen molar-refractivity contribution in [3.8, 4) is 0 Å². The number of hydrogen-bond donors (Lipinski definition) is 0.